The Kier molecular flexibility index (Phi) is 3.86. The van der Waals surface area contributed by atoms with Crippen LogP contribution >= 0.6 is 11.6 Å². The quantitative estimate of drug-likeness (QED) is 0.820. The number of anilines is 1. The maximum atomic E-state index is 13.6. The molecule has 3 heteroatoms. The van der Waals surface area contributed by atoms with E-state index < -0.39 is 0 Å². The van der Waals surface area contributed by atoms with Gasteiger partial charge in [-0.1, -0.05) is 35.7 Å². The van der Waals surface area contributed by atoms with Gasteiger partial charge < -0.3 is 5.32 Å². The Hall–Kier alpha value is -1.98. The second-order valence-corrected chi connectivity index (χ2v) is 4.20. The summed E-state index contributed by atoms with van der Waals surface area (Å²) in [4.78, 5) is 0. The Morgan fingerprint density at radius 1 is 1.22 bits per heavy atom. The van der Waals surface area contributed by atoms with Gasteiger partial charge in [0.2, 0.25) is 0 Å². The lowest BCUT2D eigenvalue weighted by Gasteiger charge is -2.08. The molecule has 0 amide bonds. The van der Waals surface area contributed by atoms with Crippen LogP contribution in [0.1, 0.15) is 11.1 Å². The molecule has 0 atom stereocenters. The smallest absolute Gasteiger partial charge is 0.146 e. The molecule has 2 rings (SSSR count). The lowest BCUT2D eigenvalue weighted by molar-refractivity contribution is 0.613. The van der Waals surface area contributed by atoms with E-state index in [2.05, 4.69) is 11.2 Å². The number of halogens is 2. The maximum absolute atomic E-state index is 13.6. The summed E-state index contributed by atoms with van der Waals surface area (Å²) in [6.07, 6.45) is 5.31. The van der Waals surface area contributed by atoms with Crippen LogP contribution in [0.25, 0.3) is 0 Å². The molecule has 0 spiro atoms. The molecule has 2 aromatic rings. The molecule has 2 aromatic carbocycles. The van der Waals surface area contributed by atoms with Gasteiger partial charge in [0, 0.05) is 23.4 Å². The maximum Gasteiger partial charge on any atom is 0.146 e. The zero-order valence-corrected chi connectivity index (χ0v) is 10.3. The second-order valence-electron chi connectivity index (χ2n) is 3.79. The molecule has 0 aliphatic rings. The Balaban J connectivity index is 2.12. The molecule has 0 unspecified atom stereocenters. The van der Waals surface area contributed by atoms with E-state index in [0.717, 1.165) is 11.3 Å². The van der Waals surface area contributed by atoms with Crippen LogP contribution in [0.2, 0.25) is 5.02 Å². The Bertz CT molecular complexity index is 602. The summed E-state index contributed by atoms with van der Waals surface area (Å²) in [5.74, 6) is 2.16. The Labute approximate surface area is 111 Å². The summed E-state index contributed by atoms with van der Waals surface area (Å²) in [6.45, 7) is 0.362. The summed E-state index contributed by atoms with van der Waals surface area (Å²) in [6, 6.07) is 12.3. The zero-order valence-electron chi connectivity index (χ0n) is 9.58. The highest BCUT2D eigenvalue weighted by atomic mass is 35.5. The van der Waals surface area contributed by atoms with Crippen molar-refractivity contribution in [3.05, 3.63) is 64.4 Å². The number of hydrogen-bond donors (Lipinski definition) is 1. The van der Waals surface area contributed by atoms with E-state index in [1.807, 2.05) is 24.3 Å². The molecule has 0 heterocycles. The number of rotatable bonds is 3. The Morgan fingerprint density at radius 3 is 2.78 bits per heavy atom. The van der Waals surface area contributed by atoms with E-state index in [1.165, 1.54) is 6.07 Å². The van der Waals surface area contributed by atoms with Crippen LogP contribution in [0.15, 0.2) is 42.5 Å². The third-order valence-corrected chi connectivity index (χ3v) is 2.84. The fraction of sp³-hybridized carbons (Fsp3) is 0.0667. The predicted molar refractivity (Wildman–Crippen MR) is 73.1 cm³/mol. The monoisotopic (exact) mass is 259 g/mol. The van der Waals surface area contributed by atoms with Crippen molar-refractivity contribution in [2.75, 3.05) is 5.32 Å². The van der Waals surface area contributed by atoms with Gasteiger partial charge in [-0.05, 0) is 24.3 Å². The van der Waals surface area contributed by atoms with Gasteiger partial charge in [0.15, 0.2) is 0 Å². The first-order valence-corrected chi connectivity index (χ1v) is 5.82. The SMILES string of the molecule is C#Cc1cccc(NCc2cccc(Cl)c2F)c1. The number of terminal acetylenes is 1. The third kappa shape index (κ3) is 2.82. The number of hydrogen-bond acceptors (Lipinski definition) is 1. The van der Waals surface area contributed by atoms with Crippen LogP contribution in [-0.4, -0.2) is 0 Å². The van der Waals surface area contributed by atoms with Crippen LogP contribution in [0.5, 0.6) is 0 Å². The van der Waals surface area contributed by atoms with Crippen LogP contribution in [0.4, 0.5) is 10.1 Å². The molecule has 1 nitrogen and oxygen atoms in total. The van der Waals surface area contributed by atoms with Crippen molar-refractivity contribution in [2.24, 2.45) is 0 Å². The summed E-state index contributed by atoms with van der Waals surface area (Å²) in [5.41, 5.74) is 2.16. The van der Waals surface area contributed by atoms with Crippen LogP contribution in [0, 0.1) is 18.2 Å². The third-order valence-electron chi connectivity index (χ3n) is 2.54. The number of nitrogens with one attached hydrogen (secondary N) is 1. The summed E-state index contributed by atoms with van der Waals surface area (Å²) in [5, 5.41) is 3.24. The van der Waals surface area contributed by atoms with Gasteiger partial charge in [0.05, 0.1) is 5.02 Å². The average molecular weight is 260 g/mol. The van der Waals surface area contributed by atoms with E-state index >= 15 is 0 Å². The van der Waals surface area contributed by atoms with Gasteiger partial charge in [-0.15, -0.1) is 6.42 Å². The van der Waals surface area contributed by atoms with E-state index in [4.69, 9.17) is 18.0 Å². The second kappa shape index (κ2) is 5.57. The molecule has 0 aromatic heterocycles. The minimum Gasteiger partial charge on any atom is -0.381 e. The van der Waals surface area contributed by atoms with Crippen molar-refractivity contribution >= 4 is 17.3 Å². The molecule has 0 radical (unpaired) electrons. The molecule has 18 heavy (non-hydrogen) atoms. The normalized spacial score (nSPS) is 9.83. The van der Waals surface area contributed by atoms with Crippen molar-refractivity contribution in [1.29, 1.82) is 0 Å². The highest BCUT2D eigenvalue weighted by Crippen LogP contribution is 2.19. The zero-order chi connectivity index (χ0) is 13.0. The highest BCUT2D eigenvalue weighted by Gasteiger charge is 2.05. The van der Waals surface area contributed by atoms with E-state index in [-0.39, 0.29) is 10.8 Å². The topological polar surface area (TPSA) is 12.0 Å². The minimum absolute atomic E-state index is 0.131. The first kappa shape index (κ1) is 12.5. The largest absolute Gasteiger partial charge is 0.381 e. The fourth-order valence-electron chi connectivity index (χ4n) is 1.60. The van der Waals surface area contributed by atoms with Gasteiger partial charge in [-0.25, -0.2) is 4.39 Å². The number of benzene rings is 2. The minimum atomic E-state index is -0.389. The highest BCUT2D eigenvalue weighted by molar-refractivity contribution is 6.30. The molecular formula is C15H11ClFN. The van der Waals surface area contributed by atoms with Crippen molar-refractivity contribution in [2.45, 2.75) is 6.54 Å². The van der Waals surface area contributed by atoms with Crippen LogP contribution in [0.3, 0.4) is 0 Å². The van der Waals surface area contributed by atoms with Crippen molar-refractivity contribution in [3.63, 3.8) is 0 Å². The first-order valence-electron chi connectivity index (χ1n) is 5.44. The lowest BCUT2D eigenvalue weighted by atomic mass is 10.2. The summed E-state index contributed by atoms with van der Waals surface area (Å²) >= 11 is 5.71. The fourth-order valence-corrected chi connectivity index (χ4v) is 1.80. The standard InChI is InChI=1S/C15H11ClFN/c1-2-11-5-3-7-13(9-11)18-10-12-6-4-8-14(16)15(12)17/h1,3-9,18H,10H2. The summed E-state index contributed by atoms with van der Waals surface area (Å²) < 4.78 is 13.6. The molecule has 0 aliphatic carbocycles. The van der Waals surface area contributed by atoms with Crippen LogP contribution < -0.4 is 5.32 Å². The summed E-state index contributed by atoms with van der Waals surface area (Å²) in [7, 11) is 0. The molecular weight excluding hydrogens is 249 g/mol. The van der Waals surface area contributed by atoms with Gasteiger partial charge in [0.25, 0.3) is 0 Å². The van der Waals surface area contributed by atoms with E-state index in [9.17, 15) is 4.39 Å². The van der Waals surface area contributed by atoms with Gasteiger partial charge in [0.1, 0.15) is 5.82 Å². The van der Waals surface area contributed by atoms with Crippen LogP contribution in [-0.2, 0) is 6.54 Å². The molecule has 0 saturated heterocycles. The molecule has 1 N–H and O–H groups in total. The van der Waals surface area contributed by atoms with Crippen molar-refractivity contribution in [1.82, 2.24) is 0 Å². The van der Waals surface area contributed by atoms with Crippen molar-refractivity contribution in [3.8, 4) is 12.3 Å². The average Bonchev–Trinajstić information content (AvgIpc) is 2.41. The molecule has 0 saturated carbocycles. The molecule has 0 bridgehead atoms. The van der Waals surface area contributed by atoms with E-state index in [0.29, 0.717) is 12.1 Å². The van der Waals surface area contributed by atoms with Gasteiger partial charge in [-0.2, -0.15) is 0 Å². The van der Waals surface area contributed by atoms with E-state index in [1.54, 1.807) is 12.1 Å². The van der Waals surface area contributed by atoms with Gasteiger partial charge in [-0.3, -0.25) is 0 Å². The lowest BCUT2D eigenvalue weighted by Crippen LogP contribution is -2.02. The first-order chi connectivity index (χ1) is 8.70. The van der Waals surface area contributed by atoms with Gasteiger partial charge >= 0.3 is 0 Å². The Morgan fingerprint density at radius 2 is 2.00 bits per heavy atom. The molecule has 0 aliphatic heterocycles. The molecule has 90 valence electrons. The predicted octanol–water partition coefficient (Wildman–Crippen LogP) is 4.07. The van der Waals surface area contributed by atoms with Crippen molar-refractivity contribution < 1.29 is 4.39 Å². The molecule has 0 fully saturated rings.